The monoisotopic (exact) mass is 455 g/mol. The van der Waals surface area contributed by atoms with Crippen molar-refractivity contribution >= 4 is 50.4 Å². The molecule has 2 aromatic rings. The number of carbonyl (C=O) groups is 1. The third-order valence-electron chi connectivity index (χ3n) is 3.31. The molecular weight excluding hydrogens is 434 g/mol. The topological polar surface area (TPSA) is 179 Å². The summed E-state index contributed by atoms with van der Waals surface area (Å²) in [5.41, 5.74) is 10.5. The maximum atomic E-state index is 11.4. The molecule has 0 heterocycles. The predicted molar refractivity (Wildman–Crippen MR) is 119 cm³/mol. The van der Waals surface area contributed by atoms with Crippen molar-refractivity contribution < 1.29 is 19.7 Å². The van der Waals surface area contributed by atoms with Gasteiger partial charge in [0, 0.05) is 48.9 Å². The van der Waals surface area contributed by atoms with Crippen molar-refractivity contribution in [2.45, 2.75) is 0 Å². The first-order chi connectivity index (χ1) is 14.3. The second-order valence-corrected chi connectivity index (χ2v) is 8.09. The van der Waals surface area contributed by atoms with Crippen LogP contribution >= 0.6 is 21.6 Å². The Morgan fingerprint density at radius 2 is 1.17 bits per heavy atom. The minimum atomic E-state index is -1.32. The molecule has 0 spiro atoms. The van der Waals surface area contributed by atoms with Crippen LogP contribution in [-0.4, -0.2) is 45.6 Å². The minimum absolute atomic E-state index is 0.169. The number of nitro benzene ring substituents is 2. The Balaban J connectivity index is 0.000000479. The fourth-order valence-electron chi connectivity index (χ4n) is 2.03. The van der Waals surface area contributed by atoms with Gasteiger partial charge in [-0.2, -0.15) is 0 Å². The van der Waals surface area contributed by atoms with Gasteiger partial charge in [0.1, 0.15) is 0 Å². The SMILES string of the molecule is NCCSSCCN.O=C(O)N(c1ccc([N+](=O)[O-])cc1)c1ccc([N+](=O)[O-])cc1. The van der Waals surface area contributed by atoms with Gasteiger partial charge in [-0.25, -0.2) is 9.69 Å². The van der Waals surface area contributed by atoms with Crippen LogP contribution in [0.2, 0.25) is 0 Å². The second kappa shape index (κ2) is 13.4. The zero-order chi connectivity index (χ0) is 22.5. The van der Waals surface area contributed by atoms with E-state index in [4.69, 9.17) is 11.5 Å². The second-order valence-electron chi connectivity index (χ2n) is 5.39. The quantitative estimate of drug-likeness (QED) is 0.219. The Hall–Kier alpha value is -2.87. The number of nitro groups is 2. The lowest BCUT2D eigenvalue weighted by Gasteiger charge is -2.19. The molecule has 0 aliphatic carbocycles. The smallest absolute Gasteiger partial charge is 0.416 e. The minimum Gasteiger partial charge on any atom is -0.464 e. The summed E-state index contributed by atoms with van der Waals surface area (Å²) in [7, 11) is 3.58. The van der Waals surface area contributed by atoms with Crippen LogP contribution in [0.5, 0.6) is 0 Å². The van der Waals surface area contributed by atoms with E-state index >= 15 is 0 Å². The standard InChI is InChI=1S/C13H9N3O6.C4H12N2S2/c17-13(18)14(9-1-5-11(6-2-9)15(19)20)10-3-7-12(8-4-10)16(21)22;5-1-3-7-8-4-2-6/h1-8H,(H,17,18);1-6H2. The first-order valence-electron chi connectivity index (χ1n) is 8.48. The molecule has 0 radical (unpaired) electrons. The van der Waals surface area contributed by atoms with Gasteiger partial charge in [-0.05, 0) is 24.3 Å². The molecule has 0 aliphatic rings. The van der Waals surface area contributed by atoms with Crippen LogP contribution < -0.4 is 16.4 Å². The highest BCUT2D eigenvalue weighted by atomic mass is 33.1. The van der Waals surface area contributed by atoms with E-state index in [1.807, 2.05) is 0 Å². The molecule has 2 aromatic carbocycles. The summed E-state index contributed by atoms with van der Waals surface area (Å²) in [5.74, 6) is 2.06. The van der Waals surface area contributed by atoms with Crippen molar-refractivity contribution in [3.8, 4) is 0 Å². The molecule has 5 N–H and O–H groups in total. The van der Waals surface area contributed by atoms with Crippen LogP contribution in [0.15, 0.2) is 48.5 Å². The lowest BCUT2D eigenvalue weighted by atomic mass is 10.2. The number of nitrogens with two attached hydrogens (primary N) is 2. The number of amides is 1. The summed E-state index contributed by atoms with van der Waals surface area (Å²) < 4.78 is 0. The Labute approximate surface area is 180 Å². The van der Waals surface area contributed by atoms with E-state index in [1.54, 1.807) is 21.6 Å². The average molecular weight is 456 g/mol. The Kier molecular flexibility index (Phi) is 11.2. The molecule has 0 aromatic heterocycles. The van der Waals surface area contributed by atoms with Gasteiger partial charge in [0.15, 0.2) is 0 Å². The lowest BCUT2D eigenvalue weighted by molar-refractivity contribution is -0.385. The fraction of sp³-hybridized carbons (Fsp3) is 0.235. The van der Waals surface area contributed by atoms with Crippen LogP contribution in [0.4, 0.5) is 27.5 Å². The van der Waals surface area contributed by atoms with Crippen LogP contribution in [0, 0.1) is 20.2 Å². The zero-order valence-corrected chi connectivity index (χ0v) is 17.4. The van der Waals surface area contributed by atoms with Gasteiger partial charge in [0.25, 0.3) is 11.4 Å². The molecule has 30 heavy (non-hydrogen) atoms. The molecule has 0 saturated heterocycles. The lowest BCUT2D eigenvalue weighted by Crippen LogP contribution is -2.23. The summed E-state index contributed by atoms with van der Waals surface area (Å²) in [5, 5.41) is 30.5. The molecule has 0 atom stereocenters. The first kappa shape index (κ1) is 25.2. The first-order valence-corrected chi connectivity index (χ1v) is 11.0. The van der Waals surface area contributed by atoms with Crippen molar-refractivity contribution in [3.63, 3.8) is 0 Å². The van der Waals surface area contributed by atoms with Crippen LogP contribution in [0.25, 0.3) is 0 Å². The van der Waals surface area contributed by atoms with Crippen molar-refractivity contribution in [2.75, 3.05) is 29.5 Å². The molecule has 0 aliphatic heterocycles. The van der Waals surface area contributed by atoms with Crippen LogP contribution in [0.1, 0.15) is 0 Å². The third-order valence-corrected chi connectivity index (χ3v) is 5.79. The van der Waals surface area contributed by atoms with Crippen LogP contribution in [-0.2, 0) is 0 Å². The van der Waals surface area contributed by atoms with E-state index < -0.39 is 15.9 Å². The summed E-state index contributed by atoms with van der Waals surface area (Å²) in [6, 6.07) is 9.85. The van der Waals surface area contributed by atoms with E-state index in [0.717, 1.165) is 29.5 Å². The van der Waals surface area contributed by atoms with Gasteiger partial charge >= 0.3 is 6.09 Å². The van der Waals surface area contributed by atoms with Crippen molar-refractivity contribution in [1.82, 2.24) is 0 Å². The van der Waals surface area contributed by atoms with Crippen molar-refractivity contribution in [3.05, 3.63) is 68.8 Å². The summed E-state index contributed by atoms with van der Waals surface area (Å²) >= 11 is 0. The van der Waals surface area contributed by atoms with Gasteiger partial charge in [0.05, 0.1) is 21.2 Å². The maximum absolute atomic E-state index is 11.4. The Morgan fingerprint density at radius 1 is 0.833 bits per heavy atom. The number of hydrogen-bond donors (Lipinski definition) is 3. The van der Waals surface area contributed by atoms with E-state index in [0.29, 0.717) is 0 Å². The summed E-state index contributed by atoms with van der Waals surface area (Å²) in [4.78, 5) is 32.3. The Bertz CT molecular complexity index is 772. The number of benzene rings is 2. The molecule has 11 nitrogen and oxygen atoms in total. The molecular formula is C17H21N5O6S2. The van der Waals surface area contributed by atoms with E-state index in [2.05, 4.69) is 0 Å². The van der Waals surface area contributed by atoms with Gasteiger partial charge in [-0.15, -0.1) is 0 Å². The van der Waals surface area contributed by atoms with Gasteiger partial charge in [-0.3, -0.25) is 20.2 Å². The fourth-order valence-corrected chi connectivity index (χ4v) is 3.74. The third kappa shape index (κ3) is 8.24. The van der Waals surface area contributed by atoms with Crippen LogP contribution in [0.3, 0.4) is 0 Å². The molecule has 1 amide bonds. The Morgan fingerprint density at radius 3 is 1.40 bits per heavy atom. The number of non-ortho nitro benzene ring substituents is 2. The van der Waals surface area contributed by atoms with E-state index in [1.165, 1.54) is 48.5 Å². The molecule has 162 valence electrons. The molecule has 13 heteroatoms. The highest BCUT2D eigenvalue weighted by Crippen LogP contribution is 2.28. The average Bonchev–Trinajstić information content (AvgIpc) is 2.72. The summed E-state index contributed by atoms with van der Waals surface area (Å²) in [6.45, 7) is 1.53. The number of nitrogens with zero attached hydrogens (tertiary/aromatic N) is 3. The predicted octanol–water partition coefficient (Wildman–Crippen LogP) is 3.60. The van der Waals surface area contributed by atoms with Gasteiger partial charge in [-0.1, -0.05) is 21.6 Å². The highest BCUT2D eigenvalue weighted by Gasteiger charge is 2.19. The molecule has 0 saturated carbocycles. The summed E-state index contributed by atoms with van der Waals surface area (Å²) in [6.07, 6.45) is -1.32. The van der Waals surface area contributed by atoms with Crippen molar-refractivity contribution in [2.24, 2.45) is 11.5 Å². The largest absolute Gasteiger partial charge is 0.464 e. The van der Waals surface area contributed by atoms with Crippen molar-refractivity contribution in [1.29, 1.82) is 0 Å². The zero-order valence-electron chi connectivity index (χ0n) is 15.7. The maximum Gasteiger partial charge on any atom is 0.416 e. The molecule has 2 rings (SSSR count). The molecule has 0 unspecified atom stereocenters. The van der Waals surface area contributed by atoms with Gasteiger partial charge in [0.2, 0.25) is 0 Å². The van der Waals surface area contributed by atoms with Gasteiger partial charge < -0.3 is 16.6 Å². The molecule has 0 bridgehead atoms. The highest BCUT2D eigenvalue weighted by molar-refractivity contribution is 8.76. The van der Waals surface area contributed by atoms with E-state index in [-0.39, 0.29) is 22.7 Å². The number of carboxylic acid groups (broad SMARTS) is 1. The normalized spacial score (nSPS) is 9.93. The number of anilines is 2. The van der Waals surface area contributed by atoms with E-state index in [9.17, 15) is 30.1 Å². The number of rotatable bonds is 9. The molecule has 0 fully saturated rings. The number of hydrogen-bond acceptors (Lipinski definition) is 9.